The largest absolute Gasteiger partial charge is 0.368 e. The molecule has 3 aromatic rings. The average molecular weight is 314 g/mol. The molecule has 6 heteroatoms. The van der Waals surface area contributed by atoms with Gasteiger partial charge in [-0.15, -0.1) is 11.3 Å². The maximum Gasteiger partial charge on any atom is 0.220 e. The van der Waals surface area contributed by atoms with Gasteiger partial charge in [0.15, 0.2) is 0 Å². The molecule has 2 N–H and O–H groups in total. The lowest BCUT2D eigenvalue weighted by Gasteiger charge is -2.03. The number of rotatable bonds is 3. The van der Waals surface area contributed by atoms with Crippen molar-refractivity contribution in [3.63, 3.8) is 0 Å². The minimum absolute atomic E-state index is 0.191. The van der Waals surface area contributed by atoms with Crippen molar-refractivity contribution in [1.29, 1.82) is 0 Å². The van der Waals surface area contributed by atoms with Gasteiger partial charge in [-0.05, 0) is 18.2 Å². The first kappa shape index (κ1) is 14.6. The van der Waals surface area contributed by atoms with Crippen molar-refractivity contribution in [3.05, 3.63) is 47.4 Å². The summed E-state index contributed by atoms with van der Waals surface area (Å²) in [6.07, 6.45) is 1.59. The highest BCUT2D eigenvalue weighted by Gasteiger charge is 2.19. The Labute approximate surface area is 131 Å². The smallest absolute Gasteiger partial charge is 0.220 e. The molecule has 112 valence electrons. The van der Waals surface area contributed by atoms with Crippen LogP contribution in [0.5, 0.6) is 0 Å². The average Bonchev–Trinajstić information content (AvgIpc) is 2.93. The zero-order valence-electron chi connectivity index (χ0n) is 12.2. The predicted octanol–water partition coefficient (Wildman–Crippen LogP) is 4.11. The van der Waals surface area contributed by atoms with Gasteiger partial charge >= 0.3 is 0 Å². The third-order valence-corrected chi connectivity index (χ3v) is 4.55. The lowest BCUT2D eigenvalue weighted by atomic mass is 10.1. The highest BCUT2D eigenvalue weighted by atomic mass is 32.1. The van der Waals surface area contributed by atoms with Crippen molar-refractivity contribution in [1.82, 2.24) is 15.0 Å². The van der Waals surface area contributed by atoms with Crippen molar-refractivity contribution in [3.8, 4) is 21.8 Å². The summed E-state index contributed by atoms with van der Waals surface area (Å²) in [5.74, 6) is 0.145. The lowest BCUT2D eigenvalue weighted by Crippen LogP contribution is -1.95. The summed E-state index contributed by atoms with van der Waals surface area (Å²) in [6, 6.07) is 8.38. The van der Waals surface area contributed by atoms with E-state index in [1.807, 2.05) is 0 Å². The van der Waals surface area contributed by atoms with Gasteiger partial charge in [0.2, 0.25) is 5.95 Å². The van der Waals surface area contributed by atoms with Crippen LogP contribution in [0.25, 0.3) is 21.8 Å². The van der Waals surface area contributed by atoms with Crippen LogP contribution >= 0.6 is 11.3 Å². The monoisotopic (exact) mass is 314 g/mol. The molecule has 0 saturated heterocycles. The molecule has 3 rings (SSSR count). The zero-order valence-corrected chi connectivity index (χ0v) is 13.1. The lowest BCUT2D eigenvalue weighted by molar-refractivity contribution is 0.631. The number of nitrogens with two attached hydrogens (primary N) is 1. The van der Waals surface area contributed by atoms with Gasteiger partial charge in [-0.3, -0.25) is 0 Å². The molecule has 1 aromatic carbocycles. The molecular weight excluding hydrogens is 299 g/mol. The number of nitrogens with zero attached hydrogens (tertiary/aromatic N) is 3. The van der Waals surface area contributed by atoms with Gasteiger partial charge in [0.25, 0.3) is 0 Å². The number of nitrogen functional groups attached to an aromatic ring is 1. The summed E-state index contributed by atoms with van der Waals surface area (Å²) in [6.45, 7) is 4.12. The maximum atomic E-state index is 14.2. The molecule has 0 aliphatic carbocycles. The van der Waals surface area contributed by atoms with E-state index in [4.69, 9.17) is 5.73 Å². The third-order valence-electron chi connectivity index (χ3n) is 3.17. The summed E-state index contributed by atoms with van der Waals surface area (Å²) < 4.78 is 14.2. The Hall–Kier alpha value is -2.34. The van der Waals surface area contributed by atoms with E-state index in [1.165, 1.54) is 17.4 Å². The highest BCUT2D eigenvalue weighted by Crippen LogP contribution is 2.39. The molecule has 0 aliphatic heterocycles. The first-order valence-electron chi connectivity index (χ1n) is 6.90. The van der Waals surface area contributed by atoms with E-state index in [2.05, 4.69) is 28.8 Å². The molecule has 0 bridgehead atoms. The molecule has 0 atom stereocenters. The molecule has 0 fully saturated rings. The van der Waals surface area contributed by atoms with E-state index in [-0.39, 0.29) is 17.7 Å². The van der Waals surface area contributed by atoms with Crippen LogP contribution in [0.2, 0.25) is 0 Å². The van der Waals surface area contributed by atoms with E-state index >= 15 is 0 Å². The molecule has 0 saturated carbocycles. The Morgan fingerprint density at radius 2 is 1.91 bits per heavy atom. The number of anilines is 1. The molecule has 0 amide bonds. The summed E-state index contributed by atoms with van der Waals surface area (Å²) >= 11 is 1.51. The minimum Gasteiger partial charge on any atom is -0.368 e. The molecule has 2 aromatic heterocycles. The van der Waals surface area contributed by atoms with Crippen LogP contribution in [-0.2, 0) is 0 Å². The summed E-state index contributed by atoms with van der Waals surface area (Å²) in [5, 5.41) is 0.936. The van der Waals surface area contributed by atoms with E-state index in [1.54, 1.807) is 30.5 Å². The van der Waals surface area contributed by atoms with Gasteiger partial charge < -0.3 is 5.73 Å². The summed E-state index contributed by atoms with van der Waals surface area (Å²) in [5.41, 5.74) is 7.40. The maximum absolute atomic E-state index is 14.2. The van der Waals surface area contributed by atoms with E-state index in [0.717, 1.165) is 9.88 Å². The van der Waals surface area contributed by atoms with E-state index in [9.17, 15) is 4.39 Å². The first-order valence-corrected chi connectivity index (χ1v) is 7.72. The Bertz CT molecular complexity index is 813. The van der Waals surface area contributed by atoms with Crippen LogP contribution in [0, 0.1) is 5.82 Å². The van der Waals surface area contributed by atoms with Crippen LogP contribution in [-0.4, -0.2) is 15.0 Å². The Morgan fingerprint density at radius 3 is 2.59 bits per heavy atom. The number of benzene rings is 1. The number of aromatic nitrogens is 3. The van der Waals surface area contributed by atoms with Crippen molar-refractivity contribution < 1.29 is 4.39 Å². The highest BCUT2D eigenvalue weighted by molar-refractivity contribution is 7.15. The fraction of sp³-hybridized carbons (Fsp3) is 0.188. The molecule has 4 nitrogen and oxygen atoms in total. The van der Waals surface area contributed by atoms with Gasteiger partial charge in [-0.1, -0.05) is 26.0 Å². The van der Waals surface area contributed by atoms with Crippen molar-refractivity contribution in [2.45, 2.75) is 19.8 Å². The third kappa shape index (κ3) is 2.69. The number of hydrogen-bond donors (Lipinski definition) is 1. The van der Waals surface area contributed by atoms with Crippen molar-refractivity contribution >= 4 is 17.3 Å². The van der Waals surface area contributed by atoms with Gasteiger partial charge in [-0.2, -0.15) is 0 Å². The van der Waals surface area contributed by atoms with Gasteiger partial charge in [0.1, 0.15) is 5.82 Å². The molecule has 0 aliphatic rings. The van der Waals surface area contributed by atoms with E-state index in [0.29, 0.717) is 17.0 Å². The van der Waals surface area contributed by atoms with Crippen LogP contribution in [0.4, 0.5) is 10.3 Å². The SMILES string of the molecule is CC(C)c1nc(-c2ccccc2F)c(-c2ccnc(N)n2)s1. The van der Waals surface area contributed by atoms with Gasteiger partial charge in [0.05, 0.1) is 21.3 Å². The molecular formula is C16H15FN4S. The minimum atomic E-state index is -0.300. The fourth-order valence-corrected chi connectivity index (χ4v) is 3.15. The number of thiazole rings is 1. The molecule has 0 spiro atoms. The van der Waals surface area contributed by atoms with Gasteiger partial charge in [0, 0.05) is 17.7 Å². The summed E-state index contributed by atoms with van der Waals surface area (Å²) in [7, 11) is 0. The Morgan fingerprint density at radius 1 is 1.14 bits per heavy atom. The number of hydrogen-bond acceptors (Lipinski definition) is 5. The van der Waals surface area contributed by atoms with E-state index < -0.39 is 0 Å². The molecule has 0 unspecified atom stereocenters. The molecule has 0 radical (unpaired) electrons. The van der Waals surface area contributed by atoms with Crippen LogP contribution < -0.4 is 5.73 Å². The first-order chi connectivity index (χ1) is 10.6. The number of halogens is 1. The standard InChI is InChI=1S/C16H15FN4S/c1-9(2)15-21-13(10-5-3-4-6-11(10)17)14(22-15)12-7-8-19-16(18)20-12/h3-9H,1-2H3,(H2,18,19,20). The quantitative estimate of drug-likeness (QED) is 0.790. The zero-order chi connectivity index (χ0) is 15.7. The Balaban J connectivity index is 2.23. The van der Waals surface area contributed by atoms with Gasteiger partial charge in [-0.25, -0.2) is 19.3 Å². The van der Waals surface area contributed by atoms with Crippen LogP contribution in [0.3, 0.4) is 0 Å². The fourth-order valence-electron chi connectivity index (χ4n) is 2.09. The summed E-state index contributed by atoms with van der Waals surface area (Å²) in [4.78, 5) is 13.6. The predicted molar refractivity (Wildman–Crippen MR) is 87.0 cm³/mol. The van der Waals surface area contributed by atoms with Crippen molar-refractivity contribution in [2.75, 3.05) is 5.73 Å². The van der Waals surface area contributed by atoms with Crippen LogP contribution in [0.1, 0.15) is 24.8 Å². The second-order valence-corrected chi connectivity index (χ2v) is 6.20. The molecule has 2 heterocycles. The topological polar surface area (TPSA) is 64.7 Å². The Kier molecular flexibility index (Phi) is 3.85. The second kappa shape index (κ2) is 5.81. The molecule has 22 heavy (non-hydrogen) atoms. The second-order valence-electron chi connectivity index (χ2n) is 5.16. The normalized spacial score (nSPS) is 11.1. The van der Waals surface area contributed by atoms with Crippen LogP contribution in [0.15, 0.2) is 36.5 Å². The van der Waals surface area contributed by atoms with Crippen molar-refractivity contribution in [2.24, 2.45) is 0 Å².